The Kier molecular flexibility index (Phi) is 3.73. The molecule has 0 spiro atoms. The molecule has 0 aromatic carbocycles. The second-order valence-corrected chi connectivity index (χ2v) is 4.47. The molecule has 0 N–H and O–H groups in total. The van der Waals surface area contributed by atoms with E-state index in [0.717, 1.165) is 0 Å². The van der Waals surface area contributed by atoms with Crippen LogP contribution in [-0.2, 0) is 31.9 Å². The van der Waals surface area contributed by atoms with Crippen molar-refractivity contribution in [3.8, 4) is 0 Å². The molecule has 8 heteroatoms. The van der Waals surface area contributed by atoms with E-state index in [4.69, 9.17) is 4.42 Å². The minimum absolute atomic E-state index is 0.0224. The van der Waals surface area contributed by atoms with Gasteiger partial charge in [-0.05, 0) is 12.8 Å². The van der Waals surface area contributed by atoms with Crippen molar-refractivity contribution in [2.75, 3.05) is 14.2 Å². The minimum atomic E-state index is -0.809. The molecule has 2 rings (SSSR count). The van der Waals surface area contributed by atoms with Crippen LogP contribution in [0.1, 0.15) is 11.1 Å². The summed E-state index contributed by atoms with van der Waals surface area (Å²) in [6.07, 6.45) is 1.42. The van der Waals surface area contributed by atoms with Gasteiger partial charge in [0, 0.05) is 5.56 Å². The summed E-state index contributed by atoms with van der Waals surface area (Å²) in [5, 5.41) is 10.9. The average molecular weight is 283 g/mol. The maximum atomic E-state index is 11.8. The highest BCUT2D eigenvalue weighted by Gasteiger charge is 2.43. The van der Waals surface area contributed by atoms with Gasteiger partial charge in [-0.1, -0.05) is 0 Å². The first-order valence-electron chi connectivity index (χ1n) is 5.88. The van der Waals surface area contributed by atoms with E-state index in [1.165, 1.54) is 20.5 Å². The van der Waals surface area contributed by atoms with Gasteiger partial charge < -0.3 is 13.9 Å². The van der Waals surface area contributed by atoms with Crippen LogP contribution < -0.4 is 0 Å². The van der Waals surface area contributed by atoms with Crippen molar-refractivity contribution in [3.63, 3.8) is 0 Å². The Morgan fingerprint density at radius 3 is 2.30 bits per heavy atom. The summed E-state index contributed by atoms with van der Waals surface area (Å²) in [7, 11) is 2.43. The molecule has 0 radical (unpaired) electrons. The number of hydrogen-bond acceptors (Lipinski definition) is 7. The fourth-order valence-corrected chi connectivity index (χ4v) is 2.49. The quantitative estimate of drug-likeness (QED) is 0.459. The van der Waals surface area contributed by atoms with E-state index in [2.05, 4.69) is 9.47 Å². The summed E-state index contributed by atoms with van der Waals surface area (Å²) >= 11 is 0. The summed E-state index contributed by atoms with van der Waals surface area (Å²) in [5.41, 5.74) is 0.887. The topological polar surface area (TPSA) is 109 Å². The van der Waals surface area contributed by atoms with E-state index in [1.54, 1.807) is 0 Å². The van der Waals surface area contributed by atoms with E-state index >= 15 is 0 Å². The molecule has 20 heavy (non-hydrogen) atoms. The lowest BCUT2D eigenvalue weighted by atomic mass is 9.77. The molecule has 0 fully saturated rings. The maximum Gasteiger partial charge on any atom is 0.436 e. The van der Waals surface area contributed by atoms with Crippen molar-refractivity contribution in [1.29, 1.82) is 0 Å². The van der Waals surface area contributed by atoms with Crippen LogP contribution in [0.25, 0.3) is 0 Å². The van der Waals surface area contributed by atoms with Gasteiger partial charge in [-0.2, -0.15) is 0 Å². The fraction of sp³-hybridized carbons (Fsp3) is 0.500. The molecule has 0 unspecified atom stereocenters. The third-order valence-electron chi connectivity index (χ3n) is 3.48. The lowest BCUT2D eigenvalue weighted by Crippen LogP contribution is -2.37. The molecule has 1 aliphatic rings. The number of carbonyl (C=O) groups excluding carboxylic acids is 2. The van der Waals surface area contributed by atoms with Gasteiger partial charge in [0.1, 0.15) is 11.2 Å². The Morgan fingerprint density at radius 1 is 1.25 bits per heavy atom. The Morgan fingerprint density at radius 2 is 1.80 bits per heavy atom. The van der Waals surface area contributed by atoms with Crippen molar-refractivity contribution in [3.05, 3.63) is 27.5 Å². The molecule has 0 aliphatic heterocycles. The van der Waals surface area contributed by atoms with Gasteiger partial charge >= 0.3 is 17.8 Å². The van der Waals surface area contributed by atoms with E-state index in [9.17, 15) is 19.7 Å². The van der Waals surface area contributed by atoms with Gasteiger partial charge in [0.25, 0.3) is 0 Å². The van der Waals surface area contributed by atoms with Crippen LogP contribution in [0.2, 0.25) is 0 Å². The predicted octanol–water partition coefficient (Wildman–Crippen LogP) is 0.865. The molecule has 2 atom stereocenters. The van der Waals surface area contributed by atoms with Gasteiger partial charge in [0.05, 0.1) is 31.6 Å². The fourth-order valence-electron chi connectivity index (χ4n) is 2.49. The van der Waals surface area contributed by atoms with Crippen LogP contribution in [0, 0.1) is 22.0 Å². The minimum Gasteiger partial charge on any atom is -0.469 e. The van der Waals surface area contributed by atoms with Crippen LogP contribution in [0.5, 0.6) is 0 Å². The number of rotatable bonds is 3. The first-order valence-corrected chi connectivity index (χ1v) is 5.88. The van der Waals surface area contributed by atoms with Gasteiger partial charge in [-0.15, -0.1) is 0 Å². The van der Waals surface area contributed by atoms with Gasteiger partial charge in [-0.3, -0.25) is 19.7 Å². The van der Waals surface area contributed by atoms with Crippen LogP contribution in [0.3, 0.4) is 0 Å². The van der Waals surface area contributed by atoms with Gasteiger partial charge in [0.15, 0.2) is 0 Å². The number of ether oxygens (including phenoxy) is 2. The highest BCUT2D eigenvalue weighted by Crippen LogP contribution is 2.37. The van der Waals surface area contributed by atoms with E-state index in [1.807, 2.05) is 0 Å². The lowest BCUT2D eigenvalue weighted by molar-refractivity contribution is -0.403. The molecule has 1 aliphatic carbocycles. The molecule has 0 bridgehead atoms. The van der Waals surface area contributed by atoms with Crippen LogP contribution in [0.15, 0.2) is 10.7 Å². The third-order valence-corrected chi connectivity index (χ3v) is 3.48. The molecular formula is C12H13NO7. The van der Waals surface area contributed by atoms with Crippen molar-refractivity contribution >= 4 is 17.8 Å². The molecule has 0 saturated carbocycles. The monoisotopic (exact) mass is 283 g/mol. The number of carbonyl (C=O) groups is 2. The predicted molar refractivity (Wildman–Crippen MR) is 63.8 cm³/mol. The molecule has 0 amide bonds. The number of fused-ring (bicyclic) bond motifs is 1. The Bertz CT molecular complexity index is 562. The van der Waals surface area contributed by atoms with Crippen molar-refractivity contribution in [2.24, 2.45) is 11.8 Å². The van der Waals surface area contributed by atoms with Crippen LogP contribution in [0.4, 0.5) is 5.88 Å². The van der Waals surface area contributed by atoms with Crippen LogP contribution >= 0.6 is 0 Å². The standard InChI is InChI=1S/C12H13NO7/c1-18-11(14)8-3-6-5-20-10(13(16)17)7(6)4-9(8)12(15)19-2/h5,8-9H,3-4H2,1-2H3/t8-,9-/m0/s1. The molecule has 108 valence electrons. The van der Waals surface area contributed by atoms with Crippen molar-refractivity contribution < 1.29 is 28.4 Å². The first-order chi connectivity index (χ1) is 9.49. The van der Waals surface area contributed by atoms with E-state index < -0.39 is 34.6 Å². The molecule has 8 nitrogen and oxygen atoms in total. The van der Waals surface area contributed by atoms with Gasteiger partial charge in [-0.25, -0.2) is 0 Å². The summed E-state index contributed by atoms with van der Waals surface area (Å²) in [6, 6.07) is 0. The zero-order chi connectivity index (χ0) is 14.9. The Balaban J connectivity index is 2.40. The number of hydrogen-bond donors (Lipinski definition) is 0. The van der Waals surface area contributed by atoms with Crippen molar-refractivity contribution in [2.45, 2.75) is 12.8 Å². The largest absolute Gasteiger partial charge is 0.469 e. The smallest absolute Gasteiger partial charge is 0.436 e. The summed E-state index contributed by atoms with van der Waals surface area (Å²) < 4.78 is 14.2. The maximum absolute atomic E-state index is 11.8. The molecule has 0 saturated heterocycles. The summed E-state index contributed by atoms with van der Waals surface area (Å²) in [6.45, 7) is 0. The Hall–Kier alpha value is -2.38. The number of nitro groups is 1. The third kappa shape index (κ3) is 2.24. The Labute approximate surface area is 113 Å². The molecule has 1 heterocycles. The highest BCUT2D eigenvalue weighted by molar-refractivity contribution is 5.83. The zero-order valence-corrected chi connectivity index (χ0v) is 11.0. The number of nitrogens with zero attached hydrogens (tertiary/aromatic N) is 1. The number of esters is 2. The van der Waals surface area contributed by atoms with Crippen LogP contribution in [-0.4, -0.2) is 31.1 Å². The second kappa shape index (κ2) is 5.32. The molecule has 1 aromatic rings. The summed E-state index contributed by atoms with van der Waals surface area (Å²) in [4.78, 5) is 33.7. The lowest BCUT2D eigenvalue weighted by Gasteiger charge is -2.26. The number of furan rings is 1. The molecule has 1 aromatic heterocycles. The highest BCUT2D eigenvalue weighted by atomic mass is 16.6. The SMILES string of the molecule is COC(=O)[C@H]1Cc2coc([N+](=O)[O-])c2C[C@@H]1C(=O)OC. The van der Waals surface area contributed by atoms with Crippen molar-refractivity contribution in [1.82, 2.24) is 0 Å². The molecular weight excluding hydrogens is 270 g/mol. The zero-order valence-electron chi connectivity index (χ0n) is 11.0. The summed E-state index contributed by atoms with van der Waals surface area (Å²) in [5.74, 6) is -3.07. The second-order valence-electron chi connectivity index (χ2n) is 4.47. The van der Waals surface area contributed by atoms with Gasteiger partial charge in [0.2, 0.25) is 0 Å². The van der Waals surface area contributed by atoms with E-state index in [0.29, 0.717) is 11.1 Å². The first kappa shape index (κ1) is 14.0. The normalized spacial score (nSPS) is 20.9. The average Bonchev–Trinajstić information content (AvgIpc) is 2.87. The number of methoxy groups -OCH3 is 2. The van der Waals surface area contributed by atoms with E-state index in [-0.39, 0.29) is 12.8 Å².